The van der Waals surface area contributed by atoms with Gasteiger partial charge in [-0.3, -0.25) is 10.1 Å². The number of carbonyl (C=O) groups is 1. The molecule has 0 unspecified atom stereocenters. The Morgan fingerprint density at radius 1 is 1.19 bits per heavy atom. The van der Waals surface area contributed by atoms with Gasteiger partial charge in [-0.25, -0.2) is 8.42 Å². The minimum Gasteiger partial charge on any atom is -0.338 e. The van der Waals surface area contributed by atoms with Crippen LogP contribution in [0.2, 0.25) is 0 Å². The highest BCUT2D eigenvalue weighted by atomic mass is 32.2. The van der Waals surface area contributed by atoms with Crippen molar-refractivity contribution < 1.29 is 17.7 Å². The smallest absolute Gasteiger partial charge is 0.237 e. The number of aromatic nitrogens is 1. The third-order valence-corrected chi connectivity index (χ3v) is 6.69. The van der Waals surface area contributed by atoms with Crippen LogP contribution in [0.5, 0.6) is 0 Å². The second-order valence-electron chi connectivity index (χ2n) is 7.33. The van der Waals surface area contributed by atoms with E-state index in [4.69, 9.17) is 4.52 Å². The maximum absolute atomic E-state index is 13.3. The number of anilines is 1. The summed E-state index contributed by atoms with van der Waals surface area (Å²) in [7, 11) is -3.27. The predicted octanol–water partition coefficient (Wildman–Crippen LogP) is 3.79. The zero-order valence-corrected chi connectivity index (χ0v) is 16.9. The van der Waals surface area contributed by atoms with Crippen LogP contribution in [0.1, 0.15) is 55.8 Å². The third kappa shape index (κ3) is 3.78. The normalized spacial score (nSPS) is 16.9. The molecule has 146 valence electrons. The number of nitrogens with zero attached hydrogens (tertiary/aromatic N) is 1. The van der Waals surface area contributed by atoms with Crippen molar-refractivity contribution >= 4 is 21.6 Å². The van der Waals surface area contributed by atoms with E-state index in [2.05, 4.69) is 10.5 Å². The van der Waals surface area contributed by atoms with Crippen molar-refractivity contribution in [3.8, 4) is 0 Å². The summed E-state index contributed by atoms with van der Waals surface area (Å²) in [5.74, 6) is 0.283. The molecule has 0 bridgehead atoms. The Hall–Kier alpha value is -2.15. The molecule has 0 radical (unpaired) electrons. The molecule has 1 aliphatic rings. The third-order valence-electron chi connectivity index (χ3n) is 5.56. The molecule has 1 heterocycles. The van der Waals surface area contributed by atoms with Gasteiger partial charge in [0.05, 0.1) is 16.0 Å². The number of benzene rings is 1. The predicted molar refractivity (Wildman–Crippen MR) is 104 cm³/mol. The highest BCUT2D eigenvalue weighted by Crippen LogP contribution is 2.41. The van der Waals surface area contributed by atoms with E-state index in [1.165, 1.54) is 6.26 Å². The van der Waals surface area contributed by atoms with Crippen LogP contribution in [0.4, 0.5) is 5.88 Å². The summed E-state index contributed by atoms with van der Waals surface area (Å²) < 4.78 is 28.8. The summed E-state index contributed by atoms with van der Waals surface area (Å²) in [6, 6.07) is 6.71. The van der Waals surface area contributed by atoms with Crippen molar-refractivity contribution in [2.45, 2.75) is 62.7 Å². The largest absolute Gasteiger partial charge is 0.338 e. The van der Waals surface area contributed by atoms with E-state index < -0.39 is 15.3 Å². The molecule has 7 heteroatoms. The van der Waals surface area contributed by atoms with Crippen LogP contribution in [-0.4, -0.2) is 25.7 Å². The lowest BCUT2D eigenvalue weighted by atomic mass is 9.68. The van der Waals surface area contributed by atoms with Crippen LogP contribution in [0.15, 0.2) is 33.7 Å². The minimum absolute atomic E-state index is 0.115. The molecule has 1 aromatic heterocycles. The number of hydrogen-bond acceptors (Lipinski definition) is 5. The molecule has 27 heavy (non-hydrogen) atoms. The van der Waals surface area contributed by atoms with Gasteiger partial charge in [-0.15, -0.1) is 0 Å². The molecule has 1 aromatic carbocycles. The summed E-state index contributed by atoms with van der Waals surface area (Å²) >= 11 is 0. The summed E-state index contributed by atoms with van der Waals surface area (Å²) in [4.78, 5) is 13.6. The van der Waals surface area contributed by atoms with Crippen molar-refractivity contribution in [3.05, 3.63) is 41.1 Å². The van der Waals surface area contributed by atoms with E-state index in [0.29, 0.717) is 5.88 Å². The first-order chi connectivity index (χ1) is 12.8. The fourth-order valence-electron chi connectivity index (χ4n) is 3.86. The number of rotatable bonds is 5. The van der Waals surface area contributed by atoms with Gasteiger partial charge < -0.3 is 4.52 Å². The summed E-state index contributed by atoms with van der Waals surface area (Å²) in [6.07, 6.45) is 6.38. The molecule has 3 rings (SSSR count). The second kappa shape index (κ2) is 7.46. The van der Waals surface area contributed by atoms with Gasteiger partial charge in [-0.1, -0.05) is 43.5 Å². The Morgan fingerprint density at radius 3 is 2.33 bits per heavy atom. The molecule has 0 atom stereocenters. The summed E-state index contributed by atoms with van der Waals surface area (Å²) in [6.45, 7) is 3.88. The topological polar surface area (TPSA) is 89.3 Å². The Bertz CT molecular complexity index is 923. The Morgan fingerprint density at radius 2 is 1.81 bits per heavy atom. The van der Waals surface area contributed by atoms with Crippen molar-refractivity contribution in [2.75, 3.05) is 11.6 Å². The van der Waals surface area contributed by atoms with Crippen LogP contribution in [0, 0.1) is 6.92 Å². The molecule has 0 saturated heterocycles. The minimum atomic E-state index is -3.27. The molecule has 1 aliphatic carbocycles. The molecule has 1 fully saturated rings. The van der Waals surface area contributed by atoms with Gasteiger partial charge in [-0.2, -0.15) is 0 Å². The Kier molecular flexibility index (Phi) is 5.42. The monoisotopic (exact) mass is 390 g/mol. The van der Waals surface area contributed by atoms with Crippen LogP contribution >= 0.6 is 0 Å². The van der Waals surface area contributed by atoms with E-state index in [-0.39, 0.29) is 10.8 Å². The molecular weight excluding hydrogens is 364 g/mol. The second-order valence-corrected chi connectivity index (χ2v) is 9.35. The number of amides is 1. The molecule has 0 aliphatic heterocycles. The lowest BCUT2D eigenvalue weighted by Gasteiger charge is -2.36. The number of aryl methyl sites for hydroxylation is 1. The highest BCUT2D eigenvalue weighted by Gasteiger charge is 2.41. The number of carbonyl (C=O) groups excluding carboxylic acids is 1. The van der Waals surface area contributed by atoms with E-state index in [0.717, 1.165) is 55.3 Å². The van der Waals surface area contributed by atoms with E-state index in [9.17, 15) is 13.2 Å². The van der Waals surface area contributed by atoms with Gasteiger partial charge in [0, 0.05) is 11.8 Å². The molecule has 1 N–H and O–H groups in total. The van der Waals surface area contributed by atoms with Crippen molar-refractivity contribution in [2.24, 2.45) is 0 Å². The molecule has 6 nitrogen and oxygen atoms in total. The Labute approximate surface area is 160 Å². The van der Waals surface area contributed by atoms with Gasteiger partial charge >= 0.3 is 0 Å². The number of hydrogen-bond donors (Lipinski definition) is 1. The SMILES string of the molecule is CCc1noc(NC(=O)C2(c3ccc(S(C)(=O)=O)cc3)CCCCC2)c1C. The first kappa shape index (κ1) is 19.6. The molecule has 0 spiro atoms. The lowest BCUT2D eigenvalue weighted by molar-refractivity contribution is -0.122. The van der Waals surface area contributed by atoms with E-state index in [1.54, 1.807) is 24.3 Å². The molecule has 1 saturated carbocycles. The van der Waals surface area contributed by atoms with Gasteiger partial charge in [0.25, 0.3) is 0 Å². The van der Waals surface area contributed by atoms with E-state index >= 15 is 0 Å². The van der Waals surface area contributed by atoms with Crippen molar-refractivity contribution in [1.82, 2.24) is 5.16 Å². The van der Waals surface area contributed by atoms with Gasteiger partial charge in [-0.05, 0) is 43.9 Å². The maximum Gasteiger partial charge on any atom is 0.237 e. The molecular formula is C20H26N2O4S. The summed E-state index contributed by atoms with van der Waals surface area (Å²) in [5.41, 5.74) is 1.85. The van der Waals surface area contributed by atoms with E-state index in [1.807, 2.05) is 13.8 Å². The average molecular weight is 391 g/mol. The van der Waals surface area contributed by atoms with Crippen LogP contribution < -0.4 is 5.32 Å². The fourth-order valence-corrected chi connectivity index (χ4v) is 4.49. The van der Waals surface area contributed by atoms with Gasteiger partial charge in [0.15, 0.2) is 9.84 Å². The molecule has 1 amide bonds. The zero-order valence-electron chi connectivity index (χ0n) is 16.0. The fraction of sp³-hybridized carbons (Fsp3) is 0.500. The van der Waals surface area contributed by atoms with Gasteiger partial charge in [0.2, 0.25) is 11.8 Å². The van der Waals surface area contributed by atoms with Gasteiger partial charge in [0.1, 0.15) is 0 Å². The first-order valence-corrected chi connectivity index (χ1v) is 11.2. The van der Waals surface area contributed by atoms with Crippen LogP contribution in [0.3, 0.4) is 0 Å². The number of sulfone groups is 1. The van der Waals surface area contributed by atoms with Crippen LogP contribution in [-0.2, 0) is 26.5 Å². The maximum atomic E-state index is 13.3. The first-order valence-electron chi connectivity index (χ1n) is 9.35. The Balaban J connectivity index is 1.94. The average Bonchev–Trinajstić information content (AvgIpc) is 3.01. The molecule has 2 aromatic rings. The standard InChI is InChI=1S/C20H26N2O4S/c1-4-17-14(2)18(26-22-17)21-19(23)20(12-6-5-7-13-20)15-8-10-16(11-9-15)27(3,24)25/h8-11H,4-7,12-13H2,1-3H3,(H,21,23). The highest BCUT2D eigenvalue weighted by molar-refractivity contribution is 7.90. The lowest BCUT2D eigenvalue weighted by Crippen LogP contribution is -2.42. The number of nitrogens with one attached hydrogen (secondary N) is 1. The zero-order chi connectivity index (χ0) is 19.7. The quantitative estimate of drug-likeness (QED) is 0.839. The summed E-state index contributed by atoms with van der Waals surface area (Å²) in [5, 5.41) is 6.94. The van der Waals surface area contributed by atoms with Crippen molar-refractivity contribution in [3.63, 3.8) is 0 Å². The van der Waals surface area contributed by atoms with Crippen molar-refractivity contribution in [1.29, 1.82) is 0 Å². The van der Waals surface area contributed by atoms with Crippen LogP contribution in [0.25, 0.3) is 0 Å².